The van der Waals surface area contributed by atoms with Crippen LogP contribution in [0.2, 0.25) is 0 Å². The van der Waals surface area contributed by atoms with E-state index in [1.54, 1.807) is 6.20 Å². The number of nitrogens with one attached hydrogen (secondary N) is 2. The smallest absolute Gasteiger partial charge is 0.137 e. The lowest BCUT2D eigenvalue weighted by atomic mass is 9.94. The van der Waals surface area contributed by atoms with Gasteiger partial charge >= 0.3 is 0 Å². The SMILES string of the molecule is c1cc(CNc2ccnc3c2CCCC3)cc(-c2ncc[nH]2)c1. The average Bonchev–Trinajstić information content (AvgIpc) is 3.15. The lowest BCUT2D eigenvalue weighted by molar-refractivity contribution is 0.668. The van der Waals surface area contributed by atoms with E-state index in [1.807, 2.05) is 12.4 Å². The first-order chi connectivity index (χ1) is 11.4. The number of imidazole rings is 1. The standard InChI is InChI=1S/C19H20N4/c1-2-7-17-16(6-1)18(8-9-20-17)23-13-14-4-3-5-15(12-14)19-21-10-11-22-19/h3-5,8-12H,1-2,6-7,13H2,(H,20,23)(H,21,22). The van der Waals surface area contributed by atoms with Gasteiger partial charge in [0.05, 0.1) is 0 Å². The first-order valence-electron chi connectivity index (χ1n) is 8.19. The Kier molecular flexibility index (Phi) is 3.80. The van der Waals surface area contributed by atoms with Crippen LogP contribution in [-0.4, -0.2) is 15.0 Å². The number of anilines is 1. The Morgan fingerprint density at radius 2 is 2.00 bits per heavy atom. The van der Waals surface area contributed by atoms with Crippen molar-refractivity contribution in [2.45, 2.75) is 32.2 Å². The van der Waals surface area contributed by atoms with E-state index in [-0.39, 0.29) is 0 Å². The minimum absolute atomic E-state index is 0.811. The fraction of sp³-hybridized carbons (Fsp3) is 0.263. The van der Waals surface area contributed by atoms with Crippen molar-refractivity contribution in [3.05, 3.63) is 65.7 Å². The summed E-state index contributed by atoms with van der Waals surface area (Å²) in [6.07, 6.45) is 10.3. The molecule has 0 bridgehead atoms. The van der Waals surface area contributed by atoms with Gasteiger partial charge in [0.1, 0.15) is 5.82 Å². The predicted octanol–water partition coefficient (Wildman–Crippen LogP) is 3.96. The van der Waals surface area contributed by atoms with E-state index < -0.39 is 0 Å². The summed E-state index contributed by atoms with van der Waals surface area (Å²) in [7, 11) is 0. The van der Waals surface area contributed by atoms with E-state index in [2.05, 4.69) is 50.6 Å². The highest BCUT2D eigenvalue weighted by Gasteiger charge is 2.13. The van der Waals surface area contributed by atoms with Crippen molar-refractivity contribution >= 4 is 5.69 Å². The maximum absolute atomic E-state index is 4.53. The molecule has 1 aromatic carbocycles. The number of H-pyrrole nitrogens is 1. The third-order valence-corrected chi connectivity index (χ3v) is 4.42. The molecule has 0 atom stereocenters. The molecule has 0 saturated carbocycles. The van der Waals surface area contributed by atoms with Crippen molar-refractivity contribution in [3.8, 4) is 11.4 Å². The highest BCUT2D eigenvalue weighted by Crippen LogP contribution is 2.26. The molecular formula is C19H20N4. The summed E-state index contributed by atoms with van der Waals surface area (Å²) in [6, 6.07) is 10.6. The largest absolute Gasteiger partial charge is 0.381 e. The Balaban J connectivity index is 1.53. The maximum atomic E-state index is 4.53. The molecule has 1 aliphatic carbocycles. The normalized spacial score (nSPS) is 13.6. The summed E-state index contributed by atoms with van der Waals surface area (Å²) >= 11 is 0. The van der Waals surface area contributed by atoms with Gasteiger partial charge in [0.15, 0.2) is 0 Å². The fourth-order valence-corrected chi connectivity index (χ4v) is 3.24. The number of aromatic amines is 1. The van der Waals surface area contributed by atoms with E-state index in [9.17, 15) is 0 Å². The van der Waals surface area contributed by atoms with Crippen molar-refractivity contribution in [2.75, 3.05) is 5.32 Å². The molecule has 1 aliphatic rings. The van der Waals surface area contributed by atoms with Gasteiger partial charge in [-0.05, 0) is 48.9 Å². The second-order valence-corrected chi connectivity index (χ2v) is 5.98. The molecule has 0 aliphatic heterocycles. The number of pyridine rings is 1. The van der Waals surface area contributed by atoms with Gasteiger partial charge in [-0.3, -0.25) is 4.98 Å². The number of rotatable bonds is 4. The topological polar surface area (TPSA) is 53.6 Å². The average molecular weight is 304 g/mol. The molecule has 2 aromatic heterocycles. The number of fused-ring (bicyclic) bond motifs is 1. The Bertz CT molecular complexity index is 793. The molecule has 0 amide bonds. The summed E-state index contributed by atoms with van der Waals surface area (Å²) < 4.78 is 0. The number of nitrogens with zero attached hydrogens (tertiary/aromatic N) is 2. The summed E-state index contributed by atoms with van der Waals surface area (Å²) in [5.74, 6) is 0.910. The summed E-state index contributed by atoms with van der Waals surface area (Å²) in [6.45, 7) is 0.811. The van der Waals surface area contributed by atoms with Gasteiger partial charge in [-0.15, -0.1) is 0 Å². The number of hydrogen-bond donors (Lipinski definition) is 2. The Labute approximate surface area is 136 Å². The predicted molar refractivity (Wildman–Crippen MR) is 92.2 cm³/mol. The molecule has 0 spiro atoms. The van der Waals surface area contributed by atoms with Crippen LogP contribution in [0.5, 0.6) is 0 Å². The van der Waals surface area contributed by atoms with E-state index >= 15 is 0 Å². The first-order valence-corrected chi connectivity index (χ1v) is 8.19. The molecule has 4 nitrogen and oxygen atoms in total. The summed E-state index contributed by atoms with van der Waals surface area (Å²) in [4.78, 5) is 12.0. The number of hydrogen-bond acceptors (Lipinski definition) is 3. The van der Waals surface area contributed by atoms with Gasteiger partial charge < -0.3 is 10.3 Å². The van der Waals surface area contributed by atoms with Gasteiger partial charge in [0, 0.05) is 42.1 Å². The molecule has 4 rings (SSSR count). The van der Waals surface area contributed by atoms with E-state index in [4.69, 9.17) is 0 Å². The van der Waals surface area contributed by atoms with Crippen LogP contribution in [-0.2, 0) is 19.4 Å². The quantitative estimate of drug-likeness (QED) is 0.767. The van der Waals surface area contributed by atoms with E-state index in [0.29, 0.717) is 0 Å². The molecule has 2 N–H and O–H groups in total. The van der Waals surface area contributed by atoms with Crippen LogP contribution >= 0.6 is 0 Å². The molecule has 0 unspecified atom stereocenters. The van der Waals surface area contributed by atoms with Crippen LogP contribution in [0.3, 0.4) is 0 Å². The van der Waals surface area contributed by atoms with Crippen LogP contribution in [0.25, 0.3) is 11.4 Å². The highest BCUT2D eigenvalue weighted by molar-refractivity contribution is 5.57. The fourth-order valence-electron chi connectivity index (χ4n) is 3.24. The Morgan fingerprint density at radius 3 is 2.91 bits per heavy atom. The van der Waals surface area contributed by atoms with Crippen LogP contribution in [0, 0.1) is 0 Å². The van der Waals surface area contributed by atoms with Crippen LogP contribution < -0.4 is 5.32 Å². The maximum Gasteiger partial charge on any atom is 0.137 e. The van der Waals surface area contributed by atoms with Crippen molar-refractivity contribution in [3.63, 3.8) is 0 Å². The minimum atomic E-state index is 0.811. The van der Waals surface area contributed by atoms with Gasteiger partial charge in [-0.2, -0.15) is 0 Å². The van der Waals surface area contributed by atoms with Crippen molar-refractivity contribution in [1.29, 1.82) is 0 Å². The lowest BCUT2D eigenvalue weighted by Crippen LogP contribution is -2.10. The number of aromatic nitrogens is 3. The molecule has 116 valence electrons. The van der Waals surface area contributed by atoms with Crippen molar-refractivity contribution in [2.24, 2.45) is 0 Å². The zero-order valence-corrected chi connectivity index (χ0v) is 13.0. The van der Waals surface area contributed by atoms with E-state index in [1.165, 1.54) is 35.3 Å². The second kappa shape index (κ2) is 6.24. The molecule has 0 fully saturated rings. The second-order valence-electron chi connectivity index (χ2n) is 5.98. The third kappa shape index (κ3) is 2.97. The highest BCUT2D eigenvalue weighted by atomic mass is 14.9. The number of aryl methyl sites for hydroxylation is 1. The lowest BCUT2D eigenvalue weighted by Gasteiger charge is -2.19. The third-order valence-electron chi connectivity index (χ3n) is 4.42. The molecule has 4 heteroatoms. The van der Waals surface area contributed by atoms with Gasteiger partial charge in [0.2, 0.25) is 0 Å². The molecule has 0 radical (unpaired) electrons. The van der Waals surface area contributed by atoms with Crippen LogP contribution in [0.15, 0.2) is 48.9 Å². The van der Waals surface area contributed by atoms with Crippen molar-refractivity contribution < 1.29 is 0 Å². The molecular weight excluding hydrogens is 284 g/mol. The summed E-state index contributed by atoms with van der Waals surface area (Å²) in [5, 5.41) is 3.59. The van der Waals surface area contributed by atoms with E-state index in [0.717, 1.165) is 30.8 Å². The Hall–Kier alpha value is -2.62. The van der Waals surface area contributed by atoms with Gasteiger partial charge in [0.25, 0.3) is 0 Å². The van der Waals surface area contributed by atoms with Crippen LogP contribution in [0.4, 0.5) is 5.69 Å². The Morgan fingerprint density at radius 1 is 1.04 bits per heavy atom. The molecule has 3 aromatic rings. The molecule has 0 saturated heterocycles. The number of benzene rings is 1. The van der Waals surface area contributed by atoms with Crippen LogP contribution in [0.1, 0.15) is 29.7 Å². The van der Waals surface area contributed by atoms with Crippen molar-refractivity contribution in [1.82, 2.24) is 15.0 Å². The monoisotopic (exact) mass is 304 g/mol. The zero-order valence-electron chi connectivity index (χ0n) is 13.0. The summed E-state index contributed by atoms with van der Waals surface area (Å²) in [5.41, 5.74) is 6.27. The minimum Gasteiger partial charge on any atom is -0.381 e. The van der Waals surface area contributed by atoms with Gasteiger partial charge in [-0.25, -0.2) is 4.98 Å². The first kappa shape index (κ1) is 14.0. The molecule has 23 heavy (non-hydrogen) atoms. The molecule has 2 heterocycles. The van der Waals surface area contributed by atoms with Gasteiger partial charge in [-0.1, -0.05) is 18.2 Å². The zero-order chi connectivity index (χ0) is 15.5.